The molecule has 1 aromatic carbocycles. The molecule has 0 radical (unpaired) electrons. The summed E-state index contributed by atoms with van der Waals surface area (Å²) in [5.74, 6) is 0. The maximum Gasteiger partial charge on any atom is 0.336 e. The summed E-state index contributed by atoms with van der Waals surface area (Å²) in [5, 5.41) is 0.985. The van der Waals surface area contributed by atoms with Crippen LogP contribution in [0.15, 0.2) is 39.5 Å². The molecule has 2 nitrogen and oxygen atoms in total. The molecule has 0 fully saturated rings. The van der Waals surface area contributed by atoms with Crippen LogP contribution in [0, 0.1) is 0 Å². The molecule has 13 heavy (non-hydrogen) atoms. The Labute approximate surface area is 75.8 Å². The highest BCUT2D eigenvalue weighted by molar-refractivity contribution is 5.79. The largest absolute Gasteiger partial charge is 0.422 e. The standard InChI is InChI=1S/C11H10O2/c1-2-8-4-3-5-9-6-7-10(12)13-11(8)9/h3-7H,2H2,1H3. The lowest BCUT2D eigenvalue weighted by atomic mass is 10.1. The van der Waals surface area contributed by atoms with E-state index in [2.05, 4.69) is 0 Å². The van der Waals surface area contributed by atoms with Gasteiger partial charge in [0.25, 0.3) is 0 Å². The van der Waals surface area contributed by atoms with Crippen LogP contribution in [0.1, 0.15) is 12.5 Å². The van der Waals surface area contributed by atoms with Crippen molar-refractivity contribution in [3.05, 3.63) is 46.3 Å². The summed E-state index contributed by atoms with van der Waals surface area (Å²) in [5.41, 5.74) is 1.51. The van der Waals surface area contributed by atoms with Crippen molar-refractivity contribution in [2.24, 2.45) is 0 Å². The van der Waals surface area contributed by atoms with Gasteiger partial charge in [-0.3, -0.25) is 0 Å². The van der Waals surface area contributed by atoms with E-state index < -0.39 is 0 Å². The fraction of sp³-hybridized carbons (Fsp3) is 0.182. The molecule has 1 heterocycles. The number of para-hydroxylation sites is 1. The van der Waals surface area contributed by atoms with Crippen LogP contribution in [0.25, 0.3) is 11.0 Å². The fourth-order valence-electron chi connectivity index (χ4n) is 1.43. The molecular weight excluding hydrogens is 164 g/mol. The van der Waals surface area contributed by atoms with Gasteiger partial charge in [-0.25, -0.2) is 4.79 Å². The molecule has 2 heteroatoms. The average molecular weight is 174 g/mol. The highest BCUT2D eigenvalue weighted by atomic mass is 16.4. The van der Waals surface area contributed by atoms with Gasteiger partial charge in [0.15, 0.2) is 0 Å². The van der Waals surface area contributed by atoms with Crippen LogP contribution in [-0.2, 0) is 6.42 Å². The lowest BCUT2D eigenvalue weighted by Gasteiger charge is -2.00. The zero-order valence-electron chi connectivity index (χ0n) is 7.41. The summed E-state index contributed by atoms with van der Waals surface area (Å²) in [6.45, 7) is 2.04. The van der Waals surface area contributed by atoms with E-state index in [-0.39, 0.29) is 5.63 Å². The highest BCUT2D eigenvalue weighted by Gasteiger charge is 2.00. The molecule has 0 aliphatic heterocycles. The molecule has 0 bridgehead atoms. The van der Waals surface area contributed by atoms with Crippen molar-refractivity contribution in [2.45, 2.75) is 13.3 Å². The van der Waals surface area contributed by atoms with Crippen LogP contribution < -0.4 is 5.63 Å². The highest BCUT2D eigenvalue weighted by Crippen LogP contribution is 2.16. The third-order valence-corrected chi connectivity index (χ3v) is 2.11. The predicted octanol–water partition coefficient (Wildman–Crippen LogP) is 2.36. The summed E-state index contributed by atoms with van der Waals surface area (Å²) in [6, 6.07) is 9.13. The number of hydrogen-bond acceptors (Lipinski definition) is 2. The molecule has 0 amide bonds. The first kappa shape index (κ1) is 8.05. The van der Waals surface area contributed by atoms with Gasteiger partial charge in [-0.2, -0.15) is 0 Å². The normalized spacial score (nSPS) is 10.5. The van der Waals surface area contributed by atoms with Crippen LogP contribution in [0.3, 0.4) is 0 Å². The van der Waals surface area contributed by atoms with Gasteiger partial charge in [-0.1, -0.05) is 25.1 Å². The van der Waals surface area contributed by atoms with E-state index in [0.29, 0.717) is 0 Å². The molecular formula is C11H10O2. The van der Waals surface area contributed by atoms with Gasteiger partial charge in [0.05, 0.1) is 0 Å². The zero-order chi connectivity index (χ0) is 9.26. The first-order valence-corrected chi connectivity index (χ1v) is 4.33. The monoisotopic (exact) mass is 174 g/mol. The summed E-state index contributed by atoms with van der Waals surface area (Å²) in [7, 11) is 0. The molecule has 0 unspecified atom stereocenters. The lowest BCUT2D eigenvalue weighted by molar-refractivity contribution is 0.557. The Morgan fingerprint density at radius 3 is 2.85 bits per heavy atom. The zero-order valence-corrected chi connectivity index (χ0v) is 7.41. The SMILES string of the molecule is CCc1cccc2ccc(=O)oc12. The molecule has 2 aromatic rings. The van der Waals surface area contributed by atoms with E-state index in [1.165, 1.54) is 6.07 Å². The molecule has 0 saturated heterocycles. The molecule has 0 saturated carbocycles. The maximum atomic E-state index is 11.0. The third-order valence-electron chi connectivity index (χ3n) is 2.11. The van der Waals surface area contributed by atoms with Gasteiger partial charge in [0.1, 0.15) is 5.58 Å². The van der Waals surface area contributed by atoms with E-state index in [4.69, 9.17) is 4.42 Å². The molecule has 1 aromatic heterocycles. The molecule has 0 atom stereocenters. The van der Waals surface area contributed by atoms with Crippen LogP contribution in [0.5, 0.6) is 0 Å². The second kappa shape index (κ2) is 3.05. The molecule has 0 aliphatic rings. The topological polar surface area (TPSA) is 30.2 Å². The summed E-state index contributed by atoms with van der Waals surface area (Å²) in [4.78, 5) is 11.0. The second-order valence-electron chi connectivity index (χ2n) is 2.94. The van der Waals surface area contributed by atoms with Gasteiger partial charge in [-0.05, 0) is 18.1 Å². The van der Waals surface area contributed by atoms with Crippen molar-refractivity contribution < 1.29 is 4.42 Å². The van der Waals surface area contributed by atoms with Crippen LogP contribution in [0.4, 0.5) is 0 Å². The van der Waals surface area contributed by atoms with Gasteiger partial charge >= 0.3 is 5.63 Å². The number of fused-ring (bicyclic) bond motifs is 1. The number of hydrogen-bond donors (Lipinski definition) is 0. The van der Waals surface area contributed by atoms with E-state index in [1.54, 1.807) is 6.07 Å². The third kappa shape index (κ3) is 1.35. The Bertz CT molecular complexity index is 483. The van der Waals surface area contributed by atoms with Crippen molar-refractivity contribution in [1.82, 2.24) is 0 Å². The molecule has 2 rings (SSSR count). The Hall–Kier alpha value is -1.57. The predicted molar refractivity (Wildman–Crippen MR) is 51.9 cm³/mol. The van der Waals surface area contributed by atoms with Crippen LogP contribution in [0.2, 0.25) is 0 Å². The minimum Gasteiger partial charge on any atom is -0.422 e. The van der Waals surface area contributed by atoms with E-state index in [0.717, 1.165) is 23.0 Å². The quantitative estimate of drug-likeness (QED) is 0.621. The lowest BCUT2D eigenvalue weighted by Crippen LogP contribution is -1.96. The van der Waals surface area contributed by atoms with Gasteiger partial charge in [0, 0.05) is 11.5 Å². The number of benzene rings is 1. The van der Waals surface area contributed by atoms with E-state index >= 15 is 0 Å². The summed E-state index contributed by atoms with van der Waals surface area (Å²) in [6.07, 6.45) is 0.879. The van der Waals surface area contributed by atoms with E-state index in [1.807, 2.05) is 25.1 Å². The molecule has 0 aliphatic carbocycles. The van der Waals surface area contributed by atoms with E-state index in [9.17, 15) is 4.79 Å². The van der Waals surface area contributed by atoms with Crippen LogP contribution >= 0.6 is 0 Å². The summed E-state index contributed by atoms with van der Waals surface area (Å²) >= 11 is 0. The van der Waals surface area contributed by atoms with Crippen LogP contribution in [-0.4, -0.2) is 0 Å². The van der Waals surface area contributed by atoms with Gasteiger partial charge < -0.3 is 4.42 Å². The smallest absolute Gasteiger partial charge is 0.336 e. The first-order valence-electron chi connectivity index (χ1n) is 4.33. The maximum absolute atomic E-state index is 11.0. The van der Waals surface area contributed by atoms with Gasteiger partial charge in [-0.15, -0.1) is 0 Å². The van der Waals surface area contributed by atoms with Crippen molar-refractivity contribution in [1.29, 1.82) is 0 Å². The number of aryl methyl sites for hydroxylation is 1. The minimum absolute atomic E-state index is 0.284. The molecule has 0 N–H and O–H groups in total. The Morgan fingerprint density at radius 2 is 2.08 bits per heavy atom. The second-order valence-corrected chi connectivity index (χ2v) is 2.94. The minimum atomic E-state index is -0.284. The Kier molecular flexibility index (Phi) is 1.89. The molecule has 66 valence electrons. The summed E-state index contributed by atoms with van der Waals surface area (Å²) < 4.78 is 5.13. The van der Waals surface area contributed by atoms with Crippen molar-refractivity contribution >= 4 is 11.0 Å². The first-order chi connectivity index (χ1) is 6.31. The van der Waals surface area contributed by atoms with Crippen molar-refractivity contribution in [3.63, 3.8) is 0 Å². The fourth-order valence-corrected chi connectivity index (χ4v) is 1.43. The number of rotatable bonds is 1. The van der Waals surface area contributed by atoms with Gasteiger partial charge in [0.2, 0.25) is 0 Å². The Balaban J connectivity index is 2.87. The molecule has 0 spiro atoms. The van der Waals surface area contributed by atoms with Crippen molar-refractivity contribution in [2.75, 3.05) is 0 Å². The average Bonchev–Trinajstić information content (AvgIpc) is 2.17. The van der Waals surface area contributed by atoms with Crippen molar-refractivity contribution in [3.8, 4) is 0 Å². The Morgan fingerprint density at radius 1 is 1.23 bits per heavy atom.